The van der Waals surface area contributed by atoms with E-state index in [-0.39, 0.29) is 22.8 Å². The predicted octanol–water partition coefficient (Wildman–Crippen LogP) is 1.92. The smallest absolute Gasteiger partial charge is 0.289 e. The van der Waals surface area contributed by atoms with E-state index >= 15 is 0 Å². The van der Waals surface area contributed by atoms with Gasteiger partial charge in [0.2, 0.25) is 11.2 Å². The average Bonchev–Trinajstić information content (AvgIpc) is 2.47. The topological polar surface area (TPSA) is 59.8 Å². The Balaban J connectivity index is 2.14. The molecule has 104 valence electrons. The molecule has 0 atom stereocenters. The molecule has 0 aliphatic rings. The lowest BCUT2D eigenvalue weighted by molar-refractivity contribution is 0.0750. The molecule has 0 fully saturated rings. The Hall–Kier alpha value is -2.56. The maximum atomic E-state index is 12.2. The lowest BCUT2D eigenvalue weighted by Crippen LogP contribution is -2.27. The number of amides is 1. The summed E-state index contributed by atoms with van der Waals surface area (Å²) in [5, 5.41) is 0. The number of carbonyl (C=O) groups excluding carboxylic acids is 1. The Morgan fingerprint density at radius 1 is 1.30 bits per heavy atom. The zero-order valence-electron chi connectivity index (χ0n) is 11.3. The number of methoxy groups -OCH3 is 1. The van der Waals surface area contributed by atoms with Crippen molar-refractivity contribution in [3.8, 4) is 5.75 Å². The predicted molar refractivity (Wildman–Crippen MR) is 73.8 cm³/mol. The summed E-state index contributed by atoms with van der Waals surface area (Å²) in [6.07, 6.45) is 1.14. The number of ether oxygens (including phenoxy) is 1. The second-order valence-corrected chi connectivity index (χ2v) is 4.32. The molecule has 0 bridgehead atoms. The molecule has 0 aliphatic heterocycles. The third kappa shape index (κ3) is 3.06. The Bertz CT molecular complexity index is 648. The third-order valence-corrected chi connectivity index (χ3v) is 2.84. The molecule has 1 aromatic carbocycles. The second kappa shape index (κ2) is 6.06. The van der Waals surface area contributed by atoms with E-state index in [0.717, 1.165) is 17.9 Å². The van der Waals surface area contributed by atoms with Gasteiger partial charge in [-0.1, -0.05) is 30.3 Å². The van der Waals surface area contributed by atoms with Gasteiger partial charge in [0.25, 0.3) is 5.91 Å². The van der Waals surface area contributed by atoms with E-state index in [1.54, 1.807) is 7.05 Å². The van der Waals surface area contributed by atoms with Gasteiger partial charge in [-0.2, -0.15) is 0 Å². The summed E-state index contributed by atoms with van der Waals surface area (Å²) in [7, 11) is 3.02. The Kier molecular flexibility index (Phi) is 4.20. The van der Waals surface area contributed by atoms with Gasteiger partial charge < -0.3 is 14.1 Å². The average molecular weight is 273 g/mol. The van der Waals surface area contributed by atoms with Crippen molar-refractivity contribution in [3.05, 3.63) is 64.2 Å². The third-order valence-electron chi connectivity index (χ3n) is 2.84. The Morgan fingerprint density at radius 2 is 2.00 bits per heavy atom. The highest BCUT2D eigenvalue weighted by Crippen LogP contribution is 2.10. The maximum Gasteiger partial charge on any atom is 0.289 e. The number of carbonyl (C=O) groups is 1. The minimum Gasteiger partial charge on any atom is -0.490 e. The van der Waals surface area contributed by atoms with Crippen LogP contribution in [0.25, 0.3) is 0 Å². The van der Waals surface area contributed by atoms with E-state index in [1.165, 1.54) is 12.0 Å². The highest BCUT2D eigenvalue weighted by Gasteiger charge is 2.16. The monoisotopic (exact) mass is 273 g/mol. The molecule has 1 amide bonds. The van der Waals surface area contributed by atoms with Crippen molar-refractivity contribution >= 4 is 5.91 Å². The molecule has 0 spiro atoms. The summed E-state index contributed by atoms with van der Waals surface area (Å²) in [6.45, 7) is 0.440. The number of hydrogen-bond acceptors (Lipinski definition) is 4. The SMILES string of the molecule is COc1coc(C(=O)N(C)Cc2ccccc2)cc1=O. The van der Waals surface area contributed by atoms with Gasteiger partial charge >= 0.3 is 0 Å². The zero-order valence-corrected chi connectivity index (χ0v) is 11.3. The molecule has 5 nitrogen and oxygen atoms in total. The number of nitrogens with zero attached hydrogens (tertiary/aromatic N) is 1. The molecule has 5 heteroatoms. The fourth-order valence-corrected chi connectivity index (χ4v) is 1.78. The van der Waals surface area contributed by atoms with Crippen LogP contribution in [0.15, 0.2) is 51.9 Å². The van der Waals surface area contributed by atoms with Crippen LogP contribution >= 0.6 is 0 Å². The fourth-order valence-electron chi connectivity index (χ4n) is 1.78. The Labute approximate surface area is 116 Å². The van der Waals surface area contributed by atoms with E-state index in [1.807, 2.05) is 30.3 Å². The number of benzene rings is 1. The first-order valence-corrected chi connectivity index (χ1v) is 6.08. The zero-order chi connectivity index (χ0) is 14.5. The first-order valence-electron chi connectivity index (χ1n) is 6.08. The summed E-state index contributed by atoms with van der Waals surface area (Å²) < 4.78 is 9.94. The lowest BCUT2D eigenvalue weighted by Gasteiger charge is -2.16. The van der Waals surface area contributed by atoms with E-state index in [4.69, 9.17) is 9.15 Å². The van der Waals surface area contributed by atoms with Crippen LogP contribution in [0.1, 0.15) is 16.1 Å². The summed E-state index contributed by atoms with van der Waals surface area (Å²) in [5.74, 6) is -0.282. The van der Waals surface area contributed by atoms with Crippen molar-refractivity contribution in [1.29, 1.82) is 0 Å². The van der Waals surface area contributed by atoms with Crippen LogP contribution in [0.4, 0.5) is 0 Å². The van der Waals surface area contributed by atoms with Gasteiger partial charge in [0, 0.05) is 19.7 Å². The molecule has 2 aromatic rings. The van der Waals surface area contributed by atoms with Gasteiger partial charge in [0.05, 0.1) is 7.11 Å². The van der Waals surface area contributed by atoms with Gasteiger partial charge in [-0.3, -0.25) is 9.59 Å². The summed E-state index contributed by atoms with van der Waals surface area (Å²) >= 11 is 0. The molecule has 0 unspecified atom stereocenters. The second-order valence-electron chi connectivity index (χ2n) is 4.32. The molecule has 20 heavy (non-hydrogen) atoms. The highest BCUT2D eigenvalue weighted by atomic mass is 16.5. The van der Waals surface area contributed by atoms with Crippen LogP contribution in [0.2, 0.25) is 0 Å². The molecular formula is C15H15NO4. The number of rotatable bonds is 4. The molecule has 2 rings (SSSR count). The molecule has 1 heterocycles. The van der Waals surface area contributed by atoms with Gasteiger partial charge in [-0.25, -0.2) is 0 Å². The fraction of sp³-hybridized carbons (Fsp3) is 0.200. The van der Waals surface area contributed by atoms with Crippen molar-refractivity contribution < 1.29 is 13.9 Å². The molecule has 0 N–H and O–H groups in total. The summed E-state index contributed by atoms with van der Waals surface area (Å²) in [6, 6.07) is 10.7. The van der Waals surface area contributed by atoms with E-state index < -0.39 is 0 Å². The lowest BCUT2D eigenvalue weighted by atomic mass is 10.2. The maximum absolute atomic E-state index is 12.2. The first kappa shape index (κ1) is 13.9. The van der Waals surface area contributed by atoms with Crippen LogP contribution in [0, 0.1) is 0 Å². The minimum absolute atomic E-state index is 0.00534. The van der Waals surface area contributed by atoms with Crippen LogP contribution in [-0.2, 0) is 6.54 Å². The van der Waals surface area contributed by atoms with E-state index in [2.05, 4.69) is 0 Å². The normalized spacial score (nSPS) is 10.1. The quantitative estimate of drug-likeness (QED) is 0.854. The Morgan fingerprint density at radius 3 is 2.60 bits per heavy atom. The first-order chi connectivity index (χ1) is 9.61. The van der Waals surface area contributed by atoms with Crippen LogP contribution in [0.3, 0.4) is 0 Å². The molecule has 1 aromatic heterocycles. The molecule has 0 saturated carbocycles. The van der Waals surface area contributed by atoms with Gasteiger partial charge in [-0.05, 0) is 5.56 Å². The van der Waals surface area contributed by atoms with Crippen LogP contribution in [-0.4, -0.2) is 25.0 Å². The molecule has 0 saturated heterocycles. The van der Waals surface area contributed by atoms with E-state index in [9.17, 15) is 9.59 Å². The summed E-state index contributed by atoms with van der Waals surface area (Å²) in [4.78, 5) is 25.2. The van der Waals surface area contributed by atoms with Crippen molar-refractivity contribution in [2.24, 2.45) is 0 Å². The van der Waals surface area contributed by atoms with Crippen LogP contribution < -0.4 is 10.2 Å². The van der Waals surface area contributed by atoms with Crippen molar-refractivity contribution in [3.63, 3.8) is 0 Å². The largest absolute Gasteiger partial charge is 0.490 e. The highest BCUT2D eigenvalue weighted by molar-refractivity contribution is 5.91. The van der Waals surface area contributed by atoms with Crippen molar-refractivity contribution in [1.82, 2.24) is 4.90 Å². The van der Waals surface area contributed by atoms with Gasteiger partial charge in [-0.15, -0.1) is 0 Å². The van der Waals surface area contributed by atoms with Gasteiger partial charge in [0.1, 0.15) is 6.26 Å². The number of hydrogen-bond donors (Lipinski definition) is 0. The van der Waals surface area contributed by atoms with Crippen molar-refractivity contribution in [2.45, 2.75) is 6.54 Å². The molecule has 0 radical (unpaired) electrons. The molecule has 0 aliphatic carbocycles. The minimum atomic E-state index is -0.379. The van der Waals surface area contributed by atoms with E-state index in [0.29, 0.717) is 6.54 Å². The summed E-state index contributed by atoms with van der Waals surface area (Å²) in [5.41, 5.74) is 0.620. The molecular weight excluding hydrogens is 258 g/mol. The standard InChI is InChI=1S/C15H15NO4/c1-16(9-11-6-4-3-5-7-11)15(18)13-8-12(17)14(19-2)10-20-13/h3-8,10H,9H2,1-2H3. The van der Waals surface area contributed by atoms with Gasteiger partial charge in [0.15, 0.2) is 5.76 Å². The van der Waals surface area contributed by atoms with Crippen molar-refractivity contribution in [2.75, 3.05) is 14.2 Å². The van der Waals surface area contributed by atoms with Crippen LogP contribution in [0.5, 0.6) is 5.75 Å².